The van der Waals surface area contributed by atoms with Gasteiger partial charge >= 0.3 is 6.08 Å². The van der Waals surface area contributed by atoms with Crippen molar-refractivity contribution < 1.29 is 31.4 Å². The molecule has 1 nitrogen and oxygen atoms in total. The summed E-state index contributed by atoms with van der Waals surface area (Å²) in [4.78, 5) is 2.39. The van der Waals surface area contributed by atoms with E-state index in [1.807, 2.05) is 12.1 Å². The van der Waals surface area contributed by atoms with E-state index in [4.69, 9.17) is 0 Å². The first-order valence-electron chi connectivity index (χ1n) is 7.48. The van der Waals surface area contributed by atoms with Crippen molar-refractivity contribution in [1.82, 2.24) is 0 Å². The fourth-order valence-electron chi connectivity index (χ4n) is 2.54. The van der Waals surface area contributed by atoms with Crippen molar-refractivity contribution in [1.29, 1.82) is 0 Å². The Morgan fingerprint density at radius 2 is 1.54 bits per heavy atom. The van der Waals surface area contributed by atoms with Gasteiger partial charge in [0.15, 0.2) is 0 Å². The zero-order valence-electron chi connectivity index (χ0n) is 13.6. The molecular formula is C17H22F6O. The minimum absolute atomic E-state index is 0.132. The molecule has 0 unspecified atom stereocenters. The van der Waals surface area contributed by atoms with Crippen LogP contribution in [0, 0.1) is 5.92 Å². The number of halogens is 6. The first kappa shape index (κ1) is 22.3. The third kappa shape index (κ3) is 8.84. The van der Waals surface area contributed by atoms with Gasteiger partial charge in [-0.2, -0.15) is 8.78 Å². The van der Waals surface area contributed by atoms with Gasteiger partial charge in [0.1, 0.15) is 0 Å². The van der Waals surface area contributed by atoms with Crippen LogP contribution in [0.4, 0.5) is 26.5 Å². The zero-order valence-corrected chi connectivity index (χ0v) is 13.6. The summed E-state index contributed by atoms with van der Waals surface area (Å²) < 4.78 is 65.5. The molecule has 0 heterocycles. The highest BCUT2D eigenvalue weighted by atomic mass is 19.3. The Morgan fingerprint density at radius 3 is 1.88 bits per heavy atom. The summed E-state index contributed by atoms with van der Waals surface area (Å²) in [6.07, 6.45) is 0.116. The van der Waals surface area contributed by atoms with E-state index in [0.29, 0.717) is 13.1 Å². The van der Waals surface area contributed by atoms with E-state index in [2.05, 4.69) is 11.9 Å². The van der Waals surface area contributed by atoms with Crippen LogP contribution >= 0.6 is 0 Å². The standard InChI is InChI=1S/C14H18F2.C2HF3O.CH3F/c1-10-2-4-11(5-3-10)12-6-8-13(9-7-12)14(15)16;3-2(4)1-6-5;1-2/h6-11,14H,2-5H2,1H3;1H;1H3. The second-order valence-electron chi connectivity index (χ2n) is 5.42. The number of hydrogen-bond acceptors (Lipinski definition) is 1. The molecule has 0 aromatic heterocycles. The van der Waals surface area contributed by atoms with Crippen LogP contribution < -0.4 is 0 Å². The average Bonchev–Trinajstić information content (AvgIpc) is 2.58. The third-order valence-electron chi connectivity index (χ3n) is 3.81. The lowest BCUT2D eigenvalue weighted by molar-refractivity contribution is -0.0671. The normalized spacial score (nSPS) is 19.4. The van der Waals surface area contributed by atoms with Crippen LogP contribution in [0.25, 0.3) is 0 Å². The van der Waals surface area contributed by atoms with E-state index >= 15 is 0 Å². The first-order chi connectivity index (χ1) is 11.4. The Kier molecular flexibility index (Phi) is 11.8. The van der Waals surface area contributed by atoms with Gasteiger partial charge in [0, 0.05) is 10.1 Å². The van der Waals surface area contributed by atoms with E-state index in [1.165, 1.54) is 31.2 Å². The SMILES string of the molecule is CC1CCC(c2ccc(C(F)F)cc2)CC1.CF.FOC=C(F)F. The van der Waals surface area contributed by atoms with Gasteiger partial charge in [-0.05, 0) is 30.2 Å². The molecule has 24 heavy (non-hydrogen) atoms. The highest BCUT2D eigenvalue weighted by Crippen LogP contribution is 2.35. The minimum Gasteiger partial charge on any atom is -0.297 e. The highest BCUT2D eigenvalue weighted by Gasteiger charge is 2.19. The Balaban J connectivity index is 0.000000563. The molecule has 1 aliphatic carbocycles. The lowest BCUT2D eigenvalue weighted by atomic mass is 9.79. The summed E-state index contributed by atoms with van der Waals surface area (Å²) in [5.74, 6) is 1.42. The van der Waals surface area contributed by atoms with Gasteiger partial charge in [-0.25, -0.2) is 8.78 Å². The molecule has 0 amide bonds. The van der Waals surface area contributed by atoms with Crippen molar-refractivity contribution >= 4 is 0 Å². The number of rotatable bonds is 3. The van der Waals surface area contributed by atoms with E-state index in [-0.39, 0.29) is 11.8 Å². The van der Waals surface area contributed by atoms with Crippen molar-refractivity contribution in [2.45, 2.75) is 45.0 Å². The van der Waals surface area contributed by atoms with Crippen molar-refractivity contribution in [3.05, 3.63) is 47.7 Å². The van der Waals surface area contributed by atoms with Gasteiger partial charge in [0.25, 0.3) is 6.43 Å². The molecule has 1 saturated carbocycles. The minimum atomic E-state index is -2.35. The molecule has 1 aliphatic rings. The van der Waals surface area contributed by atoms with Gasteiger partial charge < -0.3 is 0 Å². The van der Waals surface area contributed by atoms with Gasteiger partial charge in [0.05, 0.1) is 7.18 Å². The average molecular weight is 356 g/mol. The largest absolute Gasteiger partial charge is 0.308 e. The second kappa shape index (κ2) is 12.7. The molecule has 1 aromatic rings. The molecular weight excluding hydrogens is 334 g/mol. The third-order valence-corrected chi connectivity index (χ3v) is 3.81. The molecule has 0 bridgehead atoms. The number of benzene rings is 1. The van der Waals surface area contributed by atoms with Crippen LogP contribution in [0.5, 0.6) is 0 Å². The zero-order chi connectivity index (χ0) is 18.5. The number of alkyl halides is 3. The van der Waals surface area contributed by atoms with Crippen LogP contribution in [-0.2, 0) is 4.94 Å². The quantitative estimate of drug-likeness (QED) is 0.413. The Hall–Kier alpha value is -1.66. The van der Waals surface area contributed by atoms with Gasteiger partial charge in [-0.1, -0.05) is 44.0 Å². The maximum Gasteiger partial charge on any atom is 0.308 e. The first-order valence-corrected chi connectivity index (χ1v) is 7.48. The Labute approximate surface area is 138 Å². The molecule has 0 radical (unpaired) electrons. The summed E-state index contributed by atoms with van der Waals surface area (Å²) in [6.45, 7) is 2.29. The van der Waals surface area contributed by atoms with Crippen LogP contribution in [0.3, 0.4) is 0 Å². The fraction of sp³-hybridized carbons (Fsp3) is 0.529. The summed E-state index contributed by atoms with van der Waals surface area (Å²) in [5, 5.41) is 0. The summed E-state index contributed by atoms with van der Waals surface area (Å²) in [7, 11) is 0.500. The Bertz CT molecular complexity index is 449. The van der Waals surface area contributed by atoms with Crippen LogP contribution in [0.2, 0.25) is 0 Å². The molecule has 0 atom stereocenters. The predicted molar refractivity (Wildman–Crippen MR) is 81.3 cm³/mol. The van der Waals surface area contributed by atoms with Crippen molar-refractivity contribution in [2.75, 3.05) is 7.18 Å². The molecule has 1 fully saturated rings. The van der Waals surface area contributed by atoms with Gasteiger partial charge in [-0.3, -0.25) is 9.33 Å². The van der Waals surface area contributed by atoms with Crippen molar-refractivity contribution in [2.24, 2.45) is 5.92 Å². The summed E-state index contributed by atoms with van der Waals surface area (Å²) >= 11 is 0. The second-order valence-corrected chi connectivity index (χ2v) is 5.42. The molecule has 0 aliphatic heterocycles. The van der Waals surface area contributed by atoms with E-state index < -0.39 is 12.5 Å². The lowest BCUT2D eigenvalue weighted by Crippen LogP contribution is -2.10. The molecule has 7 heteroatoms. The molecule has 0 N–H and O–H groups in total. The maximum atomic E-state index is 12.4. The van der Waals surface area contributed by atoms with Gasteiger partial charge in [0.2, 0.25) is 6.26 Å². The van der Waals surface area contributed by atoms with Crippen LogP contribution in [0.1, 0.15) is 56.1 Å². The molecule has 138 valence electrons. The number of hydrogen-bond donors (Lipinski definition) is 0. The lowest BCUT2D eigenvalue weighted by Gasteiger charge is -2.26. The van der Waals surface area contributed by atoms with E-state index in [1.54, 1.807) is 12.1 Å². The van der Waals surface area contributed by atoms with Crippen LogP contribution in [0.15, 0.2) is 36.6 Å². The van der Waals surface area contributed by atoms with Gasteiger partial charge in [-0.15, -0.1) is 0 Å². The fourth-order valence-corrected chi connectivity index (χ4v) is 2.54. The smallest absolute Gasteiger partial charge is 0.297 e. The summed E-state index contributed by atoms with van der Waals surface area (Å²) in [5.41, 5.74) is 1.37. The Morgan fingerprint density at radius 1 is 1.04 bits per heavy atom. The molecule has 0 spiro atoms. The van der Waals surface area contributed by atoms with E-state index in [0.717, 1.165) is 5.92 Å². The van der Waals surface area contributed by atoms with E-state index in [9.17, 15) is 26.5 Å². The van der Waals surface area contributed by atoms with Crippen molar-refractivity contribution in [3.8, 4) is 0 Å². The topological polar surface area (TPSA) is 9.23 Å². The predicted octanol–water partition coefficient (Wildman–Crippen LogP) is 7.13. The summed E-state index contributed by atoms with van der Waals surface area (Å²) in [6, 6.07) is 6.89. The molecule has 0 saturated heterocycles. The molecule has 1 aromatic carbocycles. The molecule has 2 rings (SSSR count). The monoisotopic (exact) mass is 356 g/mol. The highest BCUT2D eigenvalue weighted by molar-refractivity contribution is 5.26. The maximum absolute atomic E-state index is 12.4. The van der Waals surface area contributed by atoms with Crippen molar-refractivity contribution in [3.63, 3.8) is 0 Å². The van der Waals surface area contributed by atoms with Crippen LogP contribution in [-0.4, -0.2) is 7.18 Å².